The van der Waals surface area contributed by atoms with Gasteiger partial charge in [0, 0.05) is 19.7 Å². The van der Waals surface area contributed by atoms with Crippen LogP contribution in [0.25, 0.3) is 0 Å². The van der Waals surface area contributed by atoms with Crippen LogP contribution >= 0.6 is 0 Å². The summed E-state index contributed by atoms with van der Waals surface area (Å²) in [7, 11) is 1.39. The molecule has 1 N–H and O–H groups in total. The third-order valence-corrected chi connectivity index (χ3v) is 1.77. The second-order valence-corrected chi connectivity index (χ2v) is 3.17. The molecule has 1 aromatic heterocycles. The minimum atomic E-state index is -4.50. The quantitative estimate of drug-likeness (QED) is 0.848. The third kappa shape index (κ3) is 3.74. The van der Waals surface area contributed by atoms with Crippen LogP contribution < -0.4 is 0 Å². The second kappa shape index (κ2) is 5.22. The zero-order valence-corrected chi connectivity index (χ0v) is 8.53. The first kappa shape index (κ1) is 12.9. The third-order valence-electron chi connectivity index (χ3n) is 1.77. The highest BCUT2D eigenvalue weighted by Crippen LogP contribution is 2.26. The van der Waals surface area contributed by atoms with Crippen LogP contribution in [0.1, 0.15) is 11.5 Å². The number of halogens is 3. The van der Waals surface area contributed by atoms with Crippen LogP contribution in [0.3, 0.4) is 0 Å². The Morgan fingerprint density at radius 3 is 2.75 bits per heavy atom. The lowest BCUT2D eigenvalue weighted by Crippen LogP contribution is -2.20. The molecule has 0 aliphatic rings. The molecule has 1 unspecified atom stereocenters. The first-order valence-corrected chi connectivity index (χ1v) is 4.49. The monoisotopic (exact) mass is 236 g/mol. The van der Waals surface area contributed by atoms with Crippen LogP contribution in [0.15, 0.2) is 12.3 Å². The molecular weight excluding hydrogens is 225 g/mol. The number of alkyl halides is 3. The fraction of sp³-hybridized carbons (Fsp3) is 0.556. The molecule has 0 fully saturated rings. The van der Waals surface area contributed by atoms with Gasteiger partial charge in [0.25, 0.3) is 0 Å². The minimum absolute atomic E-state index is 0.0274. The van der Waals surface area contributed by atoms with E-state index >= 15 is 0 Å². The van der Waals surface area contributed by atoms with Gasteiger partial charge >= 0.3 is 6.18 Å². The Morgan fingerprint density at radius 1 is 1.50 bits per heavy atom. The van der Waals surface area contributed by atoms with E-state index in [1.807, 2.05) is 0 Å². The van der Waals surface area contributed by atoms with Crippen molar-refractivity contribution >= 4 is 0 Å². The molecule has 0 radical (unpaired) electrons. The lowest BCUT2D eigenvalue weighted by atomic mass is 10.2. The summed E-state index contributed by atoms with van der Waals surface area (Å²) >= 11 is 0. The molecule has 1 rings (SSSR count). The van der Waals surface area contributed by atoms with E-state index in [1.54, 1.807) is 0 Å². The van der Waals surface area contributed by atoms with E-state index in [-0.39, 0.29) is 18.9 Å². The Labute approximate surface area is 90.1 Å². The van der Waals surface area contributed by atoms with Crippen LogP contribution in [0.5, 0.6) is 0 Å². The van der Waals surface area contributed by atoms with Gasteiger partial charge in [-0.2, -0.15) is 13.2 Å². The van der Waals surface area contributed by atoms with Gasteiger partial charge in [0.2, 0.25) is 0 Å². The first-order chi connectivity index (χ1) is 7.43. The van der Waals surface area contributed by atoms with Crippen molar-refractivity contribution in [3.05, 3.63) is 23.8 Å². The average Bonchev–Trinajstić information content (AvgIpc) is 2.17. The van der Waals surface area contributed by atoms with Gasteiger partial charge in [-0.1, -0.05) is 0 Å². The van der Waals surface area contributed by atoms with Crippen LogP contribution in [-0.2, 0) is 17.3 Å². The Bertz CT molecular complexity index is 344. The summed E-state index contributed by atoms with van der Waals surface area (Å²) < 4.78 is 41.5. The van der Waals surface area contributed by atoms with Crippen LogP contribution in [0, 0.1) is 0 Å². The van der Waals surface area contributed by atoms with Gasteiger partial charge in [-0.05, 0) is 6.07 Å². The van der Waals surface area contributed by atoms with Crippen molar-refractivity contribution in [1.29, 1.82) is 0 Å². The molecule has 0 aliphatic heterocycles. The molecule has 4 nitrogen and oxygen atoms in total. The molecule has 7 heteroatoms. The minimum Gasteiger partial charge on any atom is -0.390 e. The molecular formula is C9H11F3N2O2. The molecule has 0 spiro atoms. The summed E-state index contributed by atoms with van der Waals surface area (Å²) in [6.07, 6.45) is -4.46. The van der Waals surface area contributed by atoms with E-state index in [1.165, 1.54) is 7.11 Å². The number of ether oxygens (including phenoxy) is 1. The number of hydrogen-bond acceptors (Lipinski definition) is 4. The van der Waals surface area contributed by atoms with Gasteiger partial charge < -0.3 is 9.84 Å². The van der Waals surface area contributed by atoms with Crippen molar-refractivity contribution < 1.29 is 23.0 Å². The Hall–Kier alpha value is -1.21. The van der Waals surface area contributed by atoms with Crippen molar-refractivity contribution in [3.8, 4) is 0 Å². The van der Waals surface area contributed by atoms with Crippen molar-refractivity contribution in [2.75, 3.05) is 13.7 Å². The standard InChI is InChI=1S/C9H11F3N2O2/c1-16-5-6(15)4-8-13-3-2-7(14-8)9(10,11)12/h2-3,6,15H,4-5H2,1H3. The number of rotatable bonds is 4. The summed E-state index contributed by atoms with van der Waals surface area (Å²) in [6.45, 7) is 0.0274. The molecule has 0 saturated heterocycles. The van der Waals surface area contributed by atoms with Gasteiger partial charge in [-0.25, -0.2) is 9.97 Å². The molecule has 1 heterocycles. The van der Waals surface area contributed by atoms with Crippen LogP contribution in [0.4, 0.5) is 13.2 Å². The number of aliphatic hydroxyl groups is 1. The van der Waals surface area contributed by atoms with Crippen molar-refractivity contribution in [3.63, 3.8) is 0 Å². The predicted molar refractivity (Wildman–Crippen MR) is 48.6 cm³/mol. The van der Waals surface area contributed by atoms with Crippen molar-refractivity contribution in [1.82, 2.24) is 9.97 Å². The maximum atomic E-state index is 12.3. The summed E-state index contributed by atoms with van der Waals surface area (Å²) in [5, 5.41) is 9.31. The Kier molecular flexibility index (Phi) is 4.19. The number of nitrogens with zero attached hydrogens (tertiary/aromatic N) is 2. The fourth-order valence-corrected chi connectivity index (χ4v) is 1.12. The van der Waals surface area contributed by atoms with E-state index in [0.717, 1.165) is 12.3 Å². The largest absolute Gasteiger partial charge is 0.433 e. The SMILES string of the molecule is COCC(O)Cc1nccc(C(F)(F)F)n1. The molecule has 0 aliphatic carbocycles. The molecule has 90 valence electrons. The van der Waals surface area contributed by atoms with Crippen LogP contribution in [-0.4, -0.2) is 34.9 Å². The topological polar surface area (TPSA) is 55.2 Å². The van der Waals surface area contributed by atoms with Crippen molar-refractivity contribution in [2.24, 2.45) is 0 Å². The number of methoxy groups -OCH3 is 1. The molecule has 0 saturated carbocycles. The van der Waals surface area contributed by atoms with E-state index in [9.17, 15) is 18.3 Å². The highest BCUT2D eigenvalue weighted by Gasteiger charge is 2.32. The number of hydrogen-bond donors (Lipinski definition) is 1. The predicted octanol–water partition coefficient (Wildman–Crippen LogP) is 1.05. The van der Waals surface area contributed by atoms with E-state index < -0.39 is 18.0 Å². The van der Waals surface area contributed by atoms with E-state index in [2.05, 4.69) is 14.7 Å². The zero-order chi connectivity index (χ0) is 12.2. The maximum absolute atomic E-state index is 12.3. The molecule has 0 aromatic carbocycles. The summed E-state index contributed by atoms with van der Waals surface area (Å²) in [5.74, 6) is -0.0561. The first-order valence-electron chi connectivity index (χ1n) is 4.49. The van der Waals surface area contributed by atoms with Crippen LogP contribution in [0.2, 0.25) is 0 Å². The molecule has 1 aromatic rings. The zero-order valence-electron chi connectivity index (χ0n) is 8.53. The highest BCUT2D eigenvalue weighted by atomic mass is 19.4. The molecule has 1 atom stereocenters. The van der Waals surface area contributed by atoms with Crippen molar-refractivity contribution in [2.45, 2.75) is 18.7 Å². The Morgan fingerprint density at radius 2 is 2.19 bits per heavy atom. The summed E-state index contributed by atoms with van der Waals surface area (Å²) in [5.41, 5.74) is -1.01. The van der Waals surface area contributed by atoms with E-state index in [4.69, 9.17) is 0 Å². The van der Waals surface area contributed by atoms with Gasteiger partial charge in [-0.15, -0.1) is 0 Å². The second-order valence-electron chi connectivity index (χ2n) is 3.17. The lowest BCUT2D eigenvalue weighted by molar-refractivity contribution is -0.141. The van der Waals surface area contributed by atoms with Gasteiger partial charge in [0.15, 0.2) is 0 Å². The average molecular weight is 236 g/mol. The molecule has 0 bridgehead atoms. The number of aliphatic hydroxyl groups excluding tert-OH is 1. The molecule has 0 amide bonds. The maximum Gasteiger partial charge on any atom is 0.433 e. The number of aromatic nitrogens is 2. The summed E-state index contributed by atoms with van der Waals surface area (Å²) in [4.78, 5) is 6.96. The lowest BCUT2D eigenvalue weighted by Gasteiger charge is -2.10. The smallest absolute Gasteiger partial charge is 0.390 e. The Balaban J connectivity index is 2.75. The van der Waals surface area contributed by atoms with Gasteiger partial charge in [0.05, 0.1) is 12.7 Å². The highest BCUT2D eigenvalue weighted by molar-refractivity contribution is 5.06. The molecule has 16 heavy (non-hydrogen) atoms. The normalized spacial score (nSPS) is 13.8. The summed E-state index contributed by atoms with van der Waals surface area (Å²) in [6, 6.07) is 0.784. The van der Waals surface area contributed by atoms with Gasteiger partial charge in [-0.3, -0.25) is 0 Å². The fourth-order valence-electron chi connectivity index (χ4n) is 1.12. The van der Waals surface area contributed by atoms with Gasteiger partial charge in [0.1, 0.15) is 11.5 Å². The van der Waals surface area contributed by atoms with E-state index in [0.29, 0.717) is 0 Å².